The van der Waals surface area contributed by atoms with Gasteiger partial charge in [-0.15, -0.1) is 0 Å². The van der Waals surface area contributed by atoms with E-state index in [2.05, 4.69) is 15.2 Å². The first kappa shape index (κ1) is 17.2. The zero-order valence-corrected chi connectivity index (χ0v) is 14.8. The van der Waals surface area contributed by atoms with Crippen LogP contribution >= 0.6 is 0 Å². The molecule has 7 nitrogen and oxygen atoms in total. The molecular formula is C16H24N4O3S. The summed E-state index contributed by atoms with van der Waals surface area (Å²) in [4.78, 5) is 20.6. The summed E-state index contributed by atoms with van der Waals surface area (Å²) >= 11 is 0. The Kier molecular flexibility index (Phi) is 5.05. The number of hydrogen-bond donors (Lipinski definition) is 1. The Morgan fingerprint density at radius 3 is 2.71 bits per heavy atom. The number of amides is 1. The van der Waals surface area contributed by atoms with Crippen LogP contribution in [0.4, 0.5) is 11.5 Å². The van der Waals surface area contributed by atoms with Gasteiger partial charge in [0.25, 0.3) is 0 Å². The third-order valence-electron chi connectivity index (χ3n) is 4.69. The number of rotatable bonds is 5. The highest BCUT2D eigenvalue weighted by molar-refractivity contribution is 7.91. The fourth-order valence-corrected chi connectivity index (χ4v) is 5.08. The van der Waals surface area contributed by atoms with Gasteiger partial charge >= 0.3 is 0 Å². The van der Waals surface area contributed by atoms with Gasteiger partial charge in [-0.3, -0.25) is 9.69 Å². The van der Waals surface area contributed by atoms with Crippen molar-refractivity contribution >= 4 is 27.2 Å². The van der Waals surface area contributed by atoms with Gasteiger partial charge in [-0.2, -0.15) is 0 Å². The van der Waals surface area contributed by atoms with E-state index >= 15 is 0 Å². The highest BCUT2D eigenvalue weighted by atomic mass is 32.2. The van der Waals surface area contributed by atoms with E-state index in [0.717, 1.165) is 18.9 Å². The molecule has 1 aromatic rings. The molecule has 0 saturated carbocycles. The fraction of sp³-hybridized carbons (Fsp3) is 0.625. The van der Waals surface area contributed by atoms with Crippen molar-refractivity contribution < 1.29 is 13.2 Å². The third kappa shape index (κ3) is 4.24. The van der Waals surface area contributed by atoms with Crippen molar-refractivity contribution in [1.29, 1.82) is 0 Å². The van der Waals surface area contributed by atoms with Crippen LogP contribution in [0.5, 0.6) is 0 Å². The molecule has 1 amide bonds. The number of carbonyl (C=O) groups excluding carboxylic acids is 1. The van der Waals surface area contributed by atoms with Gasteiger partial charge in [0, 0.05) is 19.1 Å². The molecule has 2 aliphatic heterocycles. The molecule has 3 rings (SSSR count). The summed E-state index contributed by atoms with van der Waals surface area (Å²) in [6.45, 7) is 2.25. The second-order valence-electron chi connectivity index (χ2n) is 6.62. The summed E-state index contributed by atoms with van der Waals surface area (Å²) in [5.74, 6) is 1.14. The topological polar surface area (TPSA) is 82.6 Å². The number of nitrogens with zero attached hydrogens (tertiary/aromatic N) is 3. The maximum absolute atomic E-state index is 12.1. The summed E-state index contributed by atoms with van der Waals surface area (Å²) in [5.41, 5.74) is 0.662. The Morgan fingerprint density at radius 2 is 2.12 bits per heavy atom. The van der Waals surface area contributed by atoms with Crippen LogP contribution in [-0.2, 0) is 14.6 Å². The van der Waals surface area contributed by atoms with Crippen LogP contribution in [0.2, 0.25) is 0 Å². The number of sulfone groups is 1. The number of likely N-dealkylation sites (N-methyl/N-ethyl adjacent to an activating group) is 1. The molecule has 0 radical (unpaired) electrons. The van der Waals surface area contributed by atoms with Crippen molar-refractivity contribution in [1.82, 2.24) is 9.88 Å². The lowest BCUT2D eigenvalue weighted by Gasteiger charge is -2.22. The lowest BCUT2D eigenvalue weighted by molar-refractivity contribution is -0.117. The minimum Gasteiger partial charge on any atom is -0.357 e. The Bertz CT molecular complexity index is 684. The molecule has 8 heteroatoms. The SMILES string of the molecule is CN(CC(=O)Nc1ccc(N2CCCC2)nc1)[C@@H]1CCS(=O)(=O)C1. The number of pyridine rings is 1. The molecule has 24 heavy (non-hydrogen) atoms. The van der Waals surface area contributed by atoms with E-state index in [0.29, 0.717) is 12.1 Å². The maximum atomic E-state index is 12.1. The van der Waals surface area contributed by atoms with Crippen LogP contribution in [0, 0.1) is 0 Å². The molecule has 2 saturated heterocycles. The predicted molar refractivity (Wildman–Crippen MR) is 94.0 cm³/mol. The van der Waals surface area contributed by atoms with Crippen LogP contribution in [0.15, 0.2) is 18.3 Å². The average molecular weight is 352 g/mol. The zero-order valence-electron chi connectivity index (χ0n) is 13.9. The average Bonchev–Trinajstić information content (AvgIpc) is 3.17. The van der Waals surface area contributed by atoms with Crippen LogP contribution < -0.4 is 10.2 Å². The van der Waals surface area contributed by atoms with E-state index in [9.17, 15) is 13.2 Å². The van der Waals surface area contributed by atoms with Gasteiger partial charge in [0.1, 0.15) is 5.82 Å². The largest absolute Gasteiger partial charge is 0.357 e. The molecule has 132 valence electrons. The number of aromatic nitrogens is 1. The van der Waals surface area contributed by atoms with Crippen molar-refractivity contribution in [2.45, 2.75) is 25.3 Å². The highest BCUT2D eigenvalue weighted by Gasteiger charge is 2.31. The molecule has 2 aliphatic rings. The van der Waals surface area contributed by atoms with Crippen molar-refractivity contribution in [3.05, 3.63) is 18.3 Å². The van der Waals surface area contributed by atoms with Crippen LogP contribution in [0.3, 0.4) is 0 Å². The minimum atomic E-state index is -2.94. The van der Waals surface area contributed by atoms with E-state index in [1.165, 1.54) is 12.8 Å². The van der Waals surface area contributed by atoms with E-state index in [4.69, 9.17) is 0 Å². The maximum Gasteiger partial charge on any atom is 0.238 e. The Labute approximate surface area is 143 Å². The normalized spacial score (nSPS) is 22.9. The first-order valence-corrected chi connectivity index (χ1v) is 10.2. The van der Waals surface area contributed by atoms with Crippen molar-refractivity contribution in [3.63, 3.8) is 0 Å². The van der Waals surface area contributed by atoms with Gasteiger partial charge in [0.2, 0.25) is 5.91 Å². The smallest absolute Gasteiger partial charge is 0.238 e. The minimum absolute atomic E-state index is 0.0728. The monoisotopic (exact) mass is 352 g/mol. The second kappa shape index (κ2) is 7.06. The number of hydrogen-bond acceptors (Lipinski definition) is 6. The molecule has 0 spiro atoms. The molecule has 0 aromatic carbocycles. The number of nitrogens with one attached hydrogen (secondary N) is 1. The molecular weight excluding hydrogens is 328 g/mol. The molecule has 1 N–H and O–H groups in total. The number of anilines is 2. The Balaban J connectivity index is 1.51. The Hall–Kier alpha value is -1.67. The summed E-state index contributed by atoms with van der Waals surface area (Å²) < 4.78 is 23.0. The first-order chi connectivity index (χ1) is 11.4. The zero-order chi connectivity index (χ0) is 17.2. The summed E-state index contributed by atoms with van der Waals surface area (Å²) in [6.07, 6.45) is 4.66. The Morgan fingerprint density at radius 1 is 1.38 bits per heavy atom. The summed E-state index contributed by atoms with van der Waals surface area (Å²) in [7, 11) is -1.14. The van der Waals surface area contributed by atoms with Gasteiger partial charge in [-0.05, 0) is 38.4 Å². The molecule has 0 aliphatic carbocycles. The van der Waals surface area contributed by atoms with E-state index in [1.54, 1.807) is 13.2 Å². The summed E-state index contributed by atoms with van der Waals surface area (Å²) in [6, 6.07) is 3.71. The first-order valence-electron chi connectivity index (χ1n) is 8.34. The van der Waals surface area contributed by atoms with Crippen LogP contribution in [-0.4, -0.2) is 68.4 Å². The van der Waals surface area contributed by atoms with Gasteiger partial charge in [0.05, 0.1) is 29.9 Å². The molecule has 3 heterocycles. The van der Waals surface area contributed by atoms with Gasteiger partial charge in [0.15, 0.2) is 9.84 Å². The quantitative estimate of drug-likeness (QED) is 0.842. The van der Waals surface area contributed by atoms with Crippen LogP contribution in [0.1, 0.15) is 19.3 Å². The van der Waals surface area contributed by atoms with Gasteiger partial charge in [-0.25, -0.2) is 13.4 Å². The molecule has 1 aromatic heterocycles. The fourth-order valence-electron chi connectivity index (χ4n) is 3.27. The number of carbonyl (C=O) groups is 1. The molecule has 0 bridgehead atoms. The van der Waals surface area contributed by atoms with Crippen molar-refractivity contribution in [2.24, 2.45) is 0 Å². The highest BCUT2D eigenvalue weighted by Crippen LogP contribution is 2.19. The van der Waals surface area contributed by atoms with Gasteiger partial charge in [-0.1, -0.05) is 0 Å². The van der Waals surface area contributed by atoms with E-state index in [1.807, 2.05) is 17.0 Å². The van der Waals surface area contributed by atoms with Gasteiger partial charge < -0.3 is 10.2 Å². The lowest BCUT2D eigenvalue weighted by atomic mass is 10.2. The predicted octanol–water partition coefficient (Wildman–Crippen LogP) is 0.739. The third-order valence-corrected chi connectivity index (χ3v) is 6.44. The lowest BCUT2D eigenvalue weighted by Crippen LogP contribution is -2.38. The second-order valence-corrected chi connectivity index (χ2v) is 8.85. The standard InChI is InChI=1S/C16H24N4O3S/c1-19(14-6-9-24(22,23)12-14)11-16(21)18-13-4-5-15(17-10-13)20-7-2-3-8-20/h4-5,10,14H,2-3,6-9,11-12H2,1H3,(H,18,21)/t14-/m1/s1. The summed E-state index contributed by atoms with van der Waals surface area (Å²) in [5, 5.41) is 2.82. The van der Waals surface area contributed by atoms with E-state index in [-0.39, 0.29) is 30.0 Å². The molecule has 2 fully saturated rings. The van der Waals surface area contributed by atoms with Crippen molar-refractivity contribution in [2.75, 3.05) is 48.4 Å². The van der Waals surface area contributed by atoms with Crippen molar-refractivity contribution in [3.8, 4) is 0 Å². The van der Waals surface area contributed by atoms with E-state index < -0.39 is 9.84 Å². The van der Waals surface area contributed by atoms with Crippen LogP contribution in [0.25, 0.3) is 0 Å². The molecule has 1 atom stereocenters. The molecule has 0 unspecified atom stereocenters.